The topological polar surface area (TPSA) is 32.5 Å². The Morgan fingerprint density at radius 3 is 2.35 bits per heavy atom. The Kier molecular flexibility index (Phi) is 4.83. The molecule has 1 saturated carbocycles. The van der Waals surface area contributed by atoms with Crippen molar-refractivity contribution in [3.8, 4) is 0 Å². The normalized spacial score (nSPS) is 25.4. The molecule has 1 aliphatic carbocycles. The van der Waals surface area contributed by atoms with Crippen LogP contribution in [-0.4, -0.2) is 56.1 Å². The van der Waals surface area contributed by atoms with Crippen molar-refractivity contribution >= 4 is 0 Å². The molecule has 3 nitrogen and oxygen atoms in total. The van der Waals surface area contributed by atoms with E-state index in [0.717, 1.165) is 11.8 Å². The first kappa shape index (κ1) is 13.3. The van der Waals surface area contributed by atoms with Crippen molar-refractivity contribution in [2.24, 2.45) is 17.6 Å². The molecule has 2 aliphatic rings. The Labute approximate surface area is 106 Å². The molecule has 1 saturated heterocycles. The van der Waals surface area contributed by atoms with Crippen LogP contribution in [0.4, 0.5) is 0 Å². The van der Waals surface area contributed by atoms with E-state index in [1.165, 1.54) is 58.3 Å². The minimum atomic E-state index is 0.481. The zero-order valence-electron chi connectivity index (χ0n) is 11.6. The maximum atomic E-state index is 6.16. The molecule has 17 heavy (non-hydrogen) atoms. The monoisotopic (exact) mass is 239 g/mol. The Morgan fingerprint density at radius 2 is 1.82 bits per heavy atom. The van der Waals surface area contributed by atoms with Gasteiger partial charge in [0.2, 0.25) is 0 Å². The molecule has 2 rings (SSSR count). The van der Waals surface area contributed by atoms with E-state index in [4.69, 9.17) is 5.73 Å². The van der Waals surface area contributed by atoms with Crippen LogP contribution in [0.15, 0.2) is 0 Å². The molecule has 2 fully saturated rings. The molecule has 0 spiro atoms. The van der Waals surface area contributed by atoms with Gasteiger partial charge in [-0.25, -0.2) is 0 Å². The van der Waals surface area contributed by atoms with Crippen molar-refractivity contribution in [3.63, 3.8) is 0 Å². The molecule has 1 atom stereocenters. The number of nitrogens with two attached hydrogens (primary N) is 1. The number of hydrogen-bond acceptors (Lipinski definition) is 3. The first-order valence-electron chi connectivity index (χ1n) is 7.28. The summed E-state index contributed by atoms with van der Waals surface area (Å²) in [5.41, 5.74) is 6.16. The summed E-state index contributed by atoms with van der Waals surface area (Å²) in [6.07, 6.45) is 6.72. The molecule has 0 amide bonds. The maximum Gasteiger partial charge on any atom is 0.00793 e. The Morgan fingerprint density at radius 1 is 1.18 bits per heavy atom. The van der Waals surface area contributed by atoms with E-state index in [9.17, 15) is 0 Å². The first-order chi connectivity index (χ1) is 8.15. The SMILES string of the molecule is CN(C)CC1CCN(CCC(N)C2CC2)CC1. The van der Waals surface area contributed by atoms with Gasteiger partial charge >= 0.3 is 0 Å². The van der Waals surface area contributed by atoms with Crippen molar-refractivity contribution in [2.75, 3.05) is 40.3 Å². The van der Waals surface area contributed by atoms with Gasteiger partial charge < -0.3 is 15.5 Å². The van der Waals surface area contributed by atoms with Gasteiger partial charge in [0.15, 0.2) is 0 Å². The molecule has 0 aromatic carbocycles. The summed E-state index contributed by atoms with van der Waals surface area (Å²) in [5, 5.41) is 0. The third-order valence-electron chi connectivity index (χ3n) is 4.34. The number of hydrogen-bond donors (Lipinski definition) is 1. The van der Waals surface area contributed by atoms with Crippen LogP contribution in [0.1, 0.15) is 32.1 Å². The molecule has 1 unspecified atom stereocenters. The summed E-state index contributed by atoms with van der Waals surface area (Å²) in [6.45, 7) is 5.06. The highest BCUT2D eigenvalue weighted by Gasteiger charge is 2.28. The summed E-state index contributed by atoms with van der Waals surface area (Å²) in [4.78, 5) is 4.94. The molecule has 3 heteroatoms. The average Bonchev–Trinajstić information content (AvgIpc) is 3.11. The molecular formula is C14H29N3. The minimum Gasteiger partial charge on any atom is -0.327 e. The lowest BCUT2D eigenvalue weighted by atomic mass is 9.96. The lowest BCUT2D eigenvalue weighted by Gasteiger charge is -2.33. The molecule has 1 aliphatic heterocycles. The van der Waals surface area contributed by atoms with Crippen LogP contribution in [0.2, 0.25) is 0 Å². The predicted octanol–water partition coefficient (Wildman–Crippen LogP) is 1.39. The van der Waals surface area contributed by atoms with Crippen molar-refractivity contribution in [1.29, 1.82) is 0 Å². The standard InChI is InChI=1S/C14H29N3/c1-16(2)11-12-5-8-17(9-6-12)10-7-14(15)13-3-4-13/h12-14H,3-11,15H2,1-2H3. The van der Waals surface area contributed by atoms with Crippen LogP contribution in [0.3, 0.4) is 0 Å². The summed E-state index contributed by atoms with van der Waals surface area (Å²) in [6, 6.07) is 0.481. The molecular weight excluding hydrogens is 210 g/mol. The van der Waals surface area contributed by atoms with Gasteiger partial charge in [0.25, 0.3) is 0 Å². The molecule has 0 radical (unpaired) electrons. The van der Waals surface area contributed by atoms with Crippen molar-refractivity contribution < 1.29 is 0 Å². The van der Waals surface area contributed by atoms with Gasteiger partial charge in [0.1, 0.15) is 0 Å². The maximum absolute atomic E-state index is 6.16. The van der Waals surface area contributed by atoms with E-state index in [-0.39, 0.29) is 0 Å². The smallest absolute Gasteiger partial charge is 0.00793 e. The fourth-order valence-electron chi connectivity index (χ4n) is 3.00. The van der Waals surface area contributed by atoms with E-state index in [2.05, 4.69) is 23.9 Å². The Hall–Kier alpha value is -0.120. The highest BCUT2D eigenvalue weighted by atomic mass is 15.1. The Balaban J connectivity index is 1.58. The highest BCUT2D eigenvalue weighted by Crippen LogP contribution is 2.33. The van der Waals surface area contributed by atoms with Crippen LogP contribution in [0.5, 0.6) is 0 Å². The highest BCUT2D eigenvalue weighted by molar-refractivity contribution is 4.85. The van der Waals surface area contributed by atoms with Crippen LogP contribution in [-0.2, 0) is 0 Å². The van der Waals surface area contributed by atoms with Gasteiger partial charge in [-0.1, -0.05) is 0 Å². The van der Waals surface area contributed by atoms with Crippen molar-refractivity contribution in [3.05, 3.63) is 0 Å². The zero-order valence-corrected chi connectivity index (χ0v) is 11.6. The lowest BCUT2D eigenvalue weighted by molar-refractivity contribution is 0.158. The van der Waals surface area contributed by atoms with Crippen LogP contribution >= 0.6 is 0 Å². The second kappa shape index (κ2) is 6.17. The van der Waals surface area contributed by atoms with Gasteiger partial charge in [-0.15, -0.1) is 0 Å². The average molecular weight is 239 g/mol. The fourth-order valence-corrected chi connectivity index (χ4v) is 3.00. The summed E-state index contributed by atoms with van der Waals surface area (Å²) < 4.78 is 0. The number of likely N-dealkylation sites (tertiary alicyclic amines) is 1. The molecule has 100 valence electrons. The fraction of sp³-hybridized carbons (Fsp3) is 1.00. The lowest BCUT2D eigenvalue weighted by Crippen LogP contribution is -2.39. The van der Waals surface area contributed by atoms with Crippen LogP contribution in [0.25, 0.3) is 0 Å². The second-order valence-corrected chi connectivity index (χ2v) is 6.34. The minimum absolute atomic E-state index is 0.481. The number of piperidine rings is 1. The van der Waals surface area contributed by atoms with Crippen molar-refractivity contribution in [1.82, 2.24) is 9.80 Å². The zero-order chi connectivity index (χ0) is 12.3. The van der Waals surface area contributed by atoms with E-state index in [1.807, 2.05) is 0 Å². The molecule has 2 N–H and O–H groups in total. The van der Waals surface area contributed by atoms with Gasteiger partial charge in [-0.05, 0) is 77.7 Å². The predicted molar refractivity (Wildman–Crippen MR) is 73.0 cm³/mol. The largest absolute Gasteiger partial charge is 0.327 e. The van der Waals surface area contributed by atoms with Crippen LogP contribution < -0.4 is 5.73 Å². The van der Waals surface area contributed by atoms with E-state index >= 15 is 0 Å². The first-order valence-corrected chi connectivity index (χ1v) is 7.28. The van der Waals surface area contributed by atoms with Gasteiger partial charge in [0.05, 0.1) is 0 Å². The molecule has 0 aromatic heterocycles. The third-order valence-corrected chi connectivity index (χ3v) is 4.34. The van der Waals surface area contributed by atoms with Gasteiger partial charge in [0, 0.05) is 12.6 Å². The quantitative estimate of drug-likeness (QED) is 0.760. The van der Waals surface area contributed by atoms with E-state index in [0.29, 0.717) is 6.04 Å². The molecule has 1 heterocycles. The van der Waals surface area contributed by atoms with E-state index in [1.54, 1.807) is 0 Å². The van der Waals surface area contributed by atoms with Gasteiger partial charge in [-0.3, -0.25) is 0 Å². The van der Waals surface area contributed by atoms with Gasteiger partial charge in [-0.2, -0.15) is 0 Å². The number of nitrogens with zero attached hydrogens (tertiary/aromatic N) is 2. The number of rotatable bonds is 6. The second-order valence-electron chi connectivity index (χ2n) is 6.34. The summed E-state index contributed by atoms with van der Waals surface area (Å²) >= 11 is 0. The third kappa shape index (κ3) is 4.57. The van der Waals surface area contributed by atoms with E-state index < -0.39 is 0 Å². The molecule has 0 aromatic rings. The summed E-state index contributed by atoms with van der Waals surface area (Å²) in [5.74, 6) is 1.78. The summed E-state index contributed by atoms with van der Waals surface area (Å²) in [7, 11) is 4.36. The molecule has 0 bridgehead atoms. The van der Waals surface area contributed by atoms with Crippen molar-refractivity contribution in [2.45, 2.75) is 38.1 Å². The van der Waals surface area contributed by atoms with Crippen LogP contribution in [0, 0.1) is 11.8 Å². The Bertz CT molecular complexity index is 218.